The van der Waals surface area contributed by atoms with Crippen molar-refractivity contribution in [2.45, 2.75) is 6.54 Å². The number of benzene rings is 1. The number of hydrogen-bond acceptors (Lipinski definition) is 2. The third kappa shape index (κ3) is 5.60. The van der Waals surface area contributed by atoms with Gasteiger partial charge in [0.15, 0.2) is 0 Å². The van der Waals surface area contributed by atoms with E-state index in [2.05, 4.69) is 33.4 Å². The average molecular weight is 280 g/mol. The Morgan fingerprint density at radius 2 is 1.93 bits per heavy atom. The lowest BCUT2D eigenvalue weighted by Crippen LogP contribution is -3.00. The van der Waals surface area contributed by atoms with E-state index in [9.17, 15) is 0 Å². The van der Waals surface area contributed by atoms with Gasteiger partial charge in [0.05, 0.1) is 6.61 Å². The molecule has 0 unspecified atom stereocenters. The number of methoxy groups -OCH3 is 1. The second-order valence-corrected chi connectivity index (χ2v) is 3.71. The van der Waals surface area contributed by atoms with Crippen LogP contribution in [0.15, 0.2) is 28.7 Å². The highest BCUT2D eigenvalue weighted by molar-refractivity contribution is 9.10. The van der Waals surface area contributed by atoms with Crippen LogP contribution in [-0.4, -0.2) is 20.3 Å². The van der Waals surface area contributed by atoms with E-state index in [1.54, 1.807) is 7.11 Å². The minimum Gasteiger partial charge on any atom is -1.00 e. The molecule has 0 amide bonds. The van der Waals surface area contributed by atoms with Crippen LogP contribution in [0.5, 0.6) is 0 Å². The van der Waals surface area contributed by atoms with Crippen molar-refractivity contribution < 1.29 is 17.1 Å². The first kappa shape index (κ1) is 13.9. The summed E-state index contributed by atoms with van der Waals surface area (Å²) in [5.74, 6) is 0. The average Bonchev–Trinajstić information content (AvgIpc) is 2.15. The predicted molar refractivity (Wildman–Crippen MR) is 57.7 cm³/mol. The van der Waals surface area contributed by atoms with E-state index in [1.807, 2.05) is 12.1 Å². The van der Waals surface area contributed by atoms with Crippen LogP contribution in [0.1, 0.15) is 5.56 Å². The molecule has 0 aromatic heterocycles. The zero-order valence-electron chi connectivity index (χ0n) is 8.09. The molecule has 1 aromatic carbocycles. The molecule has 4 heteroatoms. The molecule has 2 nitrogen and oxygen atoms in total. The molecule has 1 aromatic rings. The smallest absolute Gasteiger partial charge is 0.0587 e. The van der Waals surface area contributed by atoms with E-state index >= 15 is 0 Å². The summed E-state index contributed by atoms with van der Waals surface area (Å²) in [7, 11) is 1.71. The van der Waals surface area contributed by atoms with Crippen molar-refractivity contribution in [2.75, 3.05) is 20.3 Å². The largest absolute Gasteiger partial charge is 1.00 e. The Kier molecular flexibility index (Phi) is 8.18. The van der Waals surface area contributed by atoms with E-state index in [0.29, 0.717) is 0 Å². The lowest BCUT2D eigenvalue weighted by atomic mass is 10.2. The van der Waals surface area contributed by atoms with E-state index in [-0.39, 0.29) is 12.4 Å². The Morgan fingerprint density at radius 3 is 2.50 bits per heavy atom. The summed E-state index contributed by atoms with van der Waals surface area (Å²) in [6, 6.07) is 8.30. The standard InChI is InChI=1S/C10H14BrNO.ClH/c1-13-7-6-12-8-9-2-4-10(11)5-3-9;/h2-5,12H,6-8H2,1H3;1H/p-1. The summed E-state index contributed by atoms with van der Waals surface area (Å²) in [6.07, 6.45) is 0. The summed E-state index contributed by atoms with van der Waals surface area (Å²) < 4.78 is 6.05. The van der Waals surface area contributed by atoms with E-state index in [4.69, 9.17) is 4.74 Å². The molecule has 80 valence electrons. The maximum Gasteiger partial charge on any atom is 0.0587 e. The minimum atomic E-state index is 0. The van der Waals surface area contributed by atoms with Crippen molar-refractivity contribution in [3.63, 3.8) is 0 Å². The normalized spacial score (nSPS) is 9.57. The minimum absolute atomic E-state index is 0. The molecule has 1 N–H and O–H groups in total. The highest BCUT2D eigenvalue weighted by atomic mass is 79.9. The molecular formula is C10H14BrClNO-. The molecule has 0 saturated carbocycles. The first-order chi connectivity index (χ1) is 6.33. The Hall–Kier alpha value is -0.0900. The van der Waals surface area contributed by atoms with E-state index in [1.165, 1.54) is 5.56 Å². The van der Waals surface area contributed by atoms with Crippen molar-refractivity contribution in [3.8, 4) is 0 Å². The topological polar surface area (TPSA) is 21.3 Å². The molecule has 0 aliphatic carbocycles. The van der Waals surface area contributed by atoms with Crippen LogP contribution in [0.25, 0.3) is 0 Å². The van der Waals surface area contributed by atoms with Gasteiger partial charge in [-0.05, 0) is 17.7 Å². The predicted octanol–water partition coefficient (Wildman–Crippen LogP) is -0.811. The van der Waals surface area contributed by atoms with Gasteiger partial charge in [-0.3, -0.25) is 0 Å². The molecule has 0 bridgehead atoms. The van der Waals surface area contributed by atoms with Gasteiger partial charge in [-0.15, -0.1) is 0 Å². The lowest BCUT2D eigenvalue weighted by molar-refractivity contribution is -0.00000295. The van der Waals surface area contributed by atoms with Crippen molar-refractivity contribution in [1.82, 2.24) is 5.32 Å². The Bertz CT molecular complexity index is 240. The number of halogens is 2. The quantitative estimate of drug-likeness (QED) is 0.712. The van der Waals surface area contributed by atoms with Crippen molar-refractivity contribution in [2.24, 2.45) is 0 Å². The van der Waals surface area contributed by atoms with Crippen molar-refractivity contribution in [1.29, 1.82) is 0 Å². The van der Waals surface area contributed by atoms with E-state index < -0.39 is 0 Å². The van der Waals surface area contributed by atoms with E-state index in [0.717, 1.165) is 24.2 Å². The van der Waals surface area contributed by atoms with Crippen LogP contribution in [-0.2, 0) is 11.3 Å². The molecule has 14 heavy (non-hydrogen) atoms. The fourth-order valence-electron chi connectivity index (χ4n) is 1.01. The van der Waals surface area contributed by atoms with Gasteiger partial charge >= 0.3 is 0 Å². The van der Waals surface area contributed by atoms with Crippen LogP contribution >= 0.6 is 15.9 Å². The number of nitrogens with one attached hydrogen (secondary N) is 1. The molecule has 0 radical (unpaired) electrons. The SMILES string of the molecule is COCCNCc1ccc(Br)cc1.[Cl-]. The van der Waals surface area contributed by atoms with Crippen molar-refractivity contribution in [3.05, 3.63) is 34.3 Å². The van der Waals surface area contributed by atoms with Crippen LogP contribution < -0.4 is 17.7 Å². The third-order valence-electron chi connectivity index (χ3n) is 1.73. The Balaban J connectivity index is 0.00000169. The van der Waals surface area contributed by atoms with Gasteiger partial charge in [-0.2, -0.15) is 0 Å². The maximum atomic E-state index is 4.93. The fraction of sp³-hybridized carbons (Fsp3) is 0.400. The monoisotopic (exact) mass is 278 g/mol. The van der Waals surface area contributed by atoms with Crippen LogP contribution in [0.3, 0.4) is 0 Å². The van der Waals surface area contributed by atoms with Crippen LogP contribution in [0.4, 0.5) is 0 Å². The number of hydrogen-bond donors (Lipinski definition) is 1. The Labute approximate surface area is 99.6 Å². The van der Waals surface area contributed by atoms with Crippen LogP contribution in [0, 0.1) is 0 Å². The van der Waals surface area contributed by atoms with Gasteiger partial charge in [-0.1, -0.05) is 28.1 Å². The Morgan fingerprint density at radius 1 is 1.29 bits per heavy atom. The highest BCUT2D eigenvalue weighted by Crippen LogP contribution is 2.09. The molecular weight excluding hydrogens is 265 g/mol. The van der Waals surface area contributed by atoms with Crippen LogP contribution in [0.2, 0.25) is 0 Å². The molecule has 0 atom stereocenters. The molecule has 0 spiro atoms. The first-order valence-electron chi connectivity index (χ1n) is 4.27. The van der Waals surface area contributed by atoms with Gasteiger partial charge in [0, 0.05) is 24.7 Å². The summed E-state index contributed by atoms with van der Waals surface area (Å²) in [5, 5.41) is 3.28. The molecule has 1 rings (SSSR count). The van der Waals surface area contributed by atoms with Gasteiger partial charge < -0.3 is 22.5 Å². The van der Waals surface area contributed by atoms with Gasteiger partial charge in [-0.25, -0.2) is 0 Å². The molecule has 0 aliphatic rings. The first-order valence-corrected chi connectivity index (χ1v) is 5.06. The summed E-state index contributed by atoms with van der Waals surface area (Å²) in [6.45, 7) is 2.56. The lowest BCUT2D eigenvalue weighted by Gasteiger charge is -2.03. The second-order valence-electron chi connectivity index (χ2n) is 2.80. The van der Waals surface area contributed by atoms with Gasteiger partial charge in [0.1, 0.15) is 0 Å². The molecule has 0 saturated heterocycles. The molecule has 0 heterocycles. The summed E-state index contributed by atoms with van der Waals surface area (Å²) >= 11 is 3.40. The third-order valence-corrected chi connectivity index (χ3v) is 2.25. The summed E-state index contributed by atoms with van der Waals surface area (Å²) in [4.78, 5) is 0. The van der Waals surface area contributed by atoms with Crippen molar-refractivity contribution >= 4 is 15.9 Å². The maximum absolute atomic E-state index is 4.93. The van der Waals surface area contributed by atoms with Gasteiger partial charge in [0.2, 0.25) is 0 Å². The zero-order chi connectivity index (χ0) is 9.52. The number of rotatable bonds is 5. The van der Waals surface area contributed by atoms with Gasteiger partial charge in [0.25, 0.3) is 0 Å². The molecule has 0 fully saturated rings. The fourth-order valence-corrected chi connectivity index (χ4v) is 1.27. The number of ether oxygens (including phenoxy) is 1. The summed E-state index contributed by atoms with van der Waals surface area (Å²) in [5.41, 5.74) is 1.29. The zero-order valence-corrected chi connectivity index (χ0v) is 10.4. The second kappa shape index (κ2) is 8.24. The molecule has 0 aliphatic heterocycles. The highest BCUT2D eigenvalue weighted by Gasteiger charge is 1.91.